The minimum atomic E-state index is -3.04. The quantitative estimate of drug-likeness (QED) is 0.897. The summed E-state index contributed by atoms with van der Waals surface area (Å²) in [6.07, 6.45) is 0.443. The van der Waals surface area contributed by atoms with Crippen LogP contribution in [0.3, 0.4) is 0 Å². The molecule has 8 heteroatoms. The maximum absolute atomic E-state index is 12.4. The number of hydrogen-bond acceptors (Lipinski definition) is 5. The molecule has 7 nitrogen and oxygen atoms in total. The van der Waals surface area contributed by atoms with Crippen LogP contribution < -0.4 is 5.32 Å². The molecule has 0 radical (unpaired) electrons. The molecule has 0 aliphatic carbocycles. The fraction of sp³-hybridized carbons (Fsp3) is 0.438. The van der Waals surface area contributed by atoms with Crippen molar-refractivity contribution in [2.45, 2.75) is 33.2 Å². The number of benzene rings is 1. The van der Waals surface area contributed by atoms with Crippen LogP contribution in [0.5, 0.6) is 0 Å². The SMILES string of the molecule is Cc1ccc(-n2nc(C)c(C(=O)N[C@H]3CCS(=O)(=O)C3)n2)c(C)c1. The molecule has 0 unspecified atom stereocenters. The number of carbonyl (C=O) groups is 1. The fourth-order valence-electron chi connectivity index (χ4n) is 2.89. The Hall–Kier alpha value is -2.22. The Morgan fingerprint density at radius 1 is 1.25 bits per heavy atom. The van der Waals surface area contributed by atoms with Crippen molar-refractivity contribution in [2.24, 2.45) is 0 Å². The predicted molar refractivity (Wildman–Crippen MR) is 90.1 cm³/mol. The average molecular weight is 348 g/mol. The number of aromatic nitrogens is 3. The summed E-state index contributed by atoms with van der Waals surface area (Å²) >= 11 is 0. The van der Waals surface area contributed by atoms with Gasteiger partial charge < -0.3 is 5.32 Å². The van der Waals surface area contributed by atoms with Gasteiger partial charge in [0.2, 0.25) is 0 Å². The second-order valence-corrected chi connectivity index (χ2v) is 8.52. The third-order valence-electron chi connectivity index (χ3n) is 4.13. The Morgan fingerprint density at radius 2 is 2.00 bits per heavy atom. The summed E-state index contributed by atoms with van der Waals surface area (Å²) < 4.78 is 23.0. The molecule has 2 heterocycles. The molecule has 0 saturated carbocycles. The molecular formula is C16H20N4O3S. The maximum Gasteiger partial charge on any atom is 0.274 e. The second-order valence-electron chi connectivity index (χ2n) is 6.29. The van der Waals surface area contributed by atoms with E-state index >= 15 is 0 Å². The standard InChI is InChI=1S/C16H20N4O3S/c1-10-4-5-14(11(2)8-10)20-18-12(3)15(19-20)16(21)17-13-6-7-24(22,23)9-13/h4-5,8,13H,6-7,9H2,1-3H3,(H,17,21)/t13-/m0/s1. The van der Waals surface area contributed by atoms with Crippen molar-refractivity contribution in [1.29, 1.82) is 0 Å². The molecule has 1 aromatic heterocycles. The monoisotopic (exact) mass is 348 g/mol. The van der Waals surface area contributed by atoms with Gasteiger partial charge in [0.25, 0.3) is 5.91 Å². The van der Waals surface area contributed by atoms with Crippen LogP contribution in [0.2, 0.25) is 0 Å². The van der Waals surface area contributed by atoms with E-state index in [0.717, 1.165) is 16.8 Å². The lowest BCUT2D eigenvalue weighted by Crippen LogP contribution is -2.36. The lowest BCUT2D eigenvalue weighted by molar-refractivity contribution is 0.0935. The van der Waals surface area contributed by atoms with E-state index in [1.54, 1.807) is 6.92 Å². The van der Waals surface area contributed by atoms with Crippen molar-refractivity contribution in [1.82, 2.24) is 20.3 Å². The first-order chi connectivity index (χ1) is 11.2. The molecule has 3 rings (SSSR count). The van der Waals surface area contributed by atoms with Crippen LogP contribution in [-0.2, 0) is 9.84 Å². The number of aryl methyl sites for hydroxylation is 3. The van der Waals surface area contributed by atoms with Crippen LogP contribution >= 0.6 is 0 Å². The number of hydrogen-bond donors (Lipinski definition) is 1. The summed E-state index contributed by atoms with van der Waals surface area (Å²) in [7, 11) is -3.04. The first-order valence-electron chi connectivity index (χ1n) is 7.78. The number of nitrogens with one attached hydrogen (secondary N) is 1. The summed E-state index contributed by atoms with van der Waals surface area (Å²) in [4.78, 5) is 13.8. The van der Waals surface area contributed by atoms with Gasteiger partial charge in [0.15, 0.2) is 15.5 Å². The van der Waals surface area contributed by atoms with Crippen LogP contribution in [0, 0.1) is 20.8 Å². The number of nitrogens with zero attached hydrogens (tertiary/aromatic N) is 3. The van der Waals surface area contributed by atoms with Crippen molar-refractivity contribution < 1.29 is 13.2 Å². The summed E-state index contributed by atoms with van der Waals surface area (Å²) in [6.45, 7) is 5.69. The smallest absolute Gasteiger partial charge is 0.274 e. The van der Waals surface area contributed by atoms with Gasteiger partial charge >= 0.3 is 0 Å². The molecule has 24 heavy (non-hydrogen) atoms. The minimum absolute atomic E-state index is 0.0109. The molecule has 1 aromatic carbocycles. The molecule has 1 fully saturated rings. The van der Waals surface area contributed by atoms with E-state index < -0.39 is 9.84 Å². The third-order valence-corrected chi connectivity index (χ3v) is 5.90. The van der Waals surface area contributed by atoms with E-state index in [4.69, 9.17) is 0 Å². The first-order valence-corrected chi connectivity index (χ1v) is 9.60. The molecule has 1 aliphatic rings. The van der Waals surface area contributed by atoms with Crippen LogP contribution in [0.15, 0.2) is 18.2 Å². The summed E-state index contributed by atoms with van der Waals surface area (Å²) in [5, 5.41) is 11.4. The van der Waals surface area contributed by atoms with Crippen LogP contribution in [-0.4, -0.2) is 46.9 Å². The van der Waals surface area contributed by atoms with Crippen molar-refractivity contribution >= 4 is 15.7 Å². The Morgan fingerprint density at radius 3 is 2.62 bits per heavy atom. The van der Waals surface area contributed by atoms with Gasteiger partial charge in [0, 0.05) is 6.04 Å². The largest absolute Gasteiger partial charge is 0.347 e. The van der Waals surface area contributed by atoms with E-state index in [-0.39, 0.29) is 29.1 Å². The molecule has 1 amide bonds. The van der Waals surface area contributed by atoms with Crippen LogP contribution in [0.25, 0.3) is 5.69 Å². The van der Waals surface area contributed by atoms with Crippen molar-refractivity contribution in [2.75, 3.05) is 11.5 Å². The molecule has 128 valence electrons. The van der Waals surface area contributed by atoms with Gasteiger partial charge in [-0.15, -0.1) is 5.10 Å². The van der Waals surface area contributed by atoms with Crippen LogP contribution in [0.4, 0.5) is 0 Å². The summed E-state index contributed by atoms with van der Waals surface area (Å²) in [6, 6.07) is 5.55. The van der Waals surface area contributed by atoms with Crippen LogP contribution in [0.1, 0.15) is 33.7 Å². The van der Waals surface area contributed by atoms with Gasteiger partial charge in [-0.3, -0.25) is 4.79 Å². The van der Waals surface area contributed by atoms with E-state index in [2.05, 4.69) is 15.5 Å². The van der Waals surface area contributed by atoms with Gasteiger partial charge in [0.05, 0.1) is 22.9 Å². The summed E-state index contributed by atoms with van der Waals surface area (Å²) in [5.74, 6) is -0.277. The topological polar surface area (TPSA) is 94.0 Å². The highest BCUT2D eigenvalue weighted by Crippen LogP contribution is 2.16. The molecule has 1 saturated heterocycles. The average Bonchev–Trinajstić information content (AvgIpc) is 3.01. The van der Waals surface area contributed by atoms with E-state index in [9.17, 15) is 13.2 Å². The van der Waals surface area contributed by atoms with Crippen molar-refractivity contribution in [3.8, 4) is 5.69 Å². The molecular weight excluding hydrogens is 328 g/mol. The Labute approximate surface area is 141 Å². The highest BCUT2D eigenvalue weighted by molar-refractivity contribution is 7.91. The molecule has 1 aliphatic heterocycles. The number of rotatable bonds is 3. The lowest BCUT2D eigenvalue weighted by atomic mass is 10.1. The van der Waals surface area contributed by atoms with E-state index in [1.165, 1.54) is 4.80 Å². The predicted octanol–water partition coefficient (Wildman–Crippen LogP) is 1.11. The van der Waals surface area contributed by atoms with Gasteiger partial charge in [-0.25, -0.2) is 8.42 Å². The molecule has 0 spiro atoms. The normalized spacial score (nSPS) is 19.4. The Kier molecular flexibility index (Phi) is 4.16. The molecule has 0 bridgehead atoms. The zero-order valence-electron chi connectivity index (χ0n) is 13.9. The Balaban J connectivity index is 1.82. The number of sulfone groups is 1. The van der Waals surface area contributed by atoms with Gasteiger partial charge in [-0.2, -0.15) is 9.90 Å². The van der Waals surface area contributed by atoms with E-state index in [1.807, 2.05) is 32.0 Å². The minimum Gasteiger partial charge on any atom is -0.347 e. The zero-order chi connectivity index (χ0) is 17.5. The Bertz CT molecular complexity index is 902. The fourth-order valence-corrected chi connectivity index (χ4v) is 4.56. The van der Waals surface area contributed by atoms with Crippen molar-refractivity contribution in [3.63, 3.8) is 0 Å². The molecule has 2 aromatic rings. The zero-order valence-corrected chi connectivity index (χ0v) is 14.7. The van der Waals surface area contributed by atoms with Crippen molar-refractivity contribution in [3.05, 3.63) is 40.7 Å². The lowest BCUT2D eigenvalue weighted by Gasteiger charge is -2.09. The number of carbonyl (C=O) groups excluding carboxylic acids is 1. The first kappa shape index (κ1) is 16.6. The highest BCUT2D eigenvalue weighted by Gasteiger charge is 2.30. The third kappa shape index (κ3) is 3.33. The van der Waals surface area contributed by atoms with E-state index in [0.29, 0.717) is 12.1 Å². The highest BCUT2D eigenvalue weighted by atomic mass is 32.2. The summed E-state index contributed by atoms with van der Waals surface area (Å²) in [5.41, 5.74) is 3.69. The van der Waals surface area contributed by atoms with Gasteiger partial charge in [-0.05, 0) is 38.8 Å². The molecule has 1 atom stereocenters. The maximum atomic E-state index is 12.4. The second kappa shape index (κ2) is 6.01. The van der Waals surface area contributed by atoms with Gasteiger partial charge in [0.1, 0.15) is 0 Å². The molecule has 1 N–H and O–H groups in total. The number of amides is 1. The van der Waals surface area contributed by atoms with Gasteiger partial charge in [-0.1, -0.05) is 17.7 Å².